The number of hydrogen-bond donors (Lipinski definition) is 4. The number of hydrogen-bond acceptors (Lipinski definition) is 4. The Morgan fingerprint density at radius 2 is 2.04 bits per heavy atom. The van der Waals surface area contributed by atoms with Crippen molar-refractivity contribution in [3.8, 4) is 0 Å². The number of carboxylic acid groups (broad SMARTS) is 1. The van der Waals surface area contributed by atoms with Gasteiger partial charge < -0.3 is 25.5 Å². The van der Waals surface area contributed by atoms with E-state index in [9.17, 15) is 14.4 Å². The lowest BCUT2D eigenvalue weighted by Crippen LogP contribution is -2.57. The van der Waals surface area contributed by atoms with Gasteiger partial charge in [0, 0.05) is 15.9 Å². The summed E-state index contributed by atoms with van der Waals surface area (Å²) in [6.45, 7) is -0.127. The molecule has 24 heavy (non-hydrogen) atoms. The Kier molecular flexibility index (Phi) is 4.30. The number of carbonyl (C=O) groups is 3. The summed E-state index contributed by atoms with van der Waals surface area (Å²) in [6, 6.07) is 5.41. The van der Waals surface area contributed by atoms with Crippen LogP contribution in [0.15, 0.2) is 24.3 Å². The Hall–Kier alpha value is -2.74. The first-order valence-electron chi connectivity index (χ1n) is 7.16. The standard InChI is InChI=1S/C15H14ClN3O5/c16-8-1-2-9-7(3-8)4-11(17-9)14(21)18-10-5-13(20)24-6-12(10)19-15(22)23/h1-4,10,12,17,19H,5-6H2,(H,18,21)(H,22,23). The fraction of sp³-hybridized carbons (Fsp3) is 0.267. The summed E-state index contributed by atoms with van der Waals surface area (Å²) in [7, 11) is 0. The second-order valence-electron chi connectivity index (χ2n) is 5.44. The van der Waals surface area contributed by atoms with Crippen molar-refractivity contribution >= 4 is 40.5 Å². The minimum absolute atomic E-state index is 0.108. The number of cyclic esters (lactones) is 1. The molecule has 4 N–H and O–H groups in total. The molecule has 126 valence electrons. The number of benzene rings is 1. The van der Waals surface area contributed by atoms with E-state index in [1.165, 1.54) is 0 Å². The van der Waals surface area contributed by atoms with Crippen LogP contribution in [0.3, 0.4) is 0 Å². The highest BCUT2D eigenvalue weighted by Gasteiger charge is 2.33. The summed E-state index contributed by atoms with van der Waals surface area (Å²) in [5.74, 6) is -0.939. The Morgan fingerprint density at radius 3 is 2.79 bits per heavy atom. The maximum Gasteiger partial charge on any atom is 0.405 e. The van der Waals surface area contributed by atoms with Crippen molar-refractivity contribution < 1.29 is 24.2 Å². The molecular formula is C15H14ClN3O5. The zero-order valence-electron chi connectivity index (χ0n) is 12.3. The van der Waals surface area contributed by atoms with Crippen molar-refractivity contribution in [2.75, 3.05) is 6.61 Å². The summed E-state index contributed by atoms with van der Waals surface area (Å²) in [4.78, 5) is 37.6. The van der Waals surface area contributed by atoms with Crippen LogP contribution < -0.4 is 10.6 Å². The summed E-state index contributed by atoms with van der Waals surface area (Å²) in [5, 5.41) is 15.1. The molecule has 1 aliphatic rings. The number of H-pyrrole nitrogens is 1. The number of fused-ring (bicyclic) bond motifs is 1. The lowest BCUT2D eigenvalue weighted by Gasteiger charge is -2.30. The largest absolute Gasteiger partial charge is 0.465 e. The highest BCUT2D eigenvalue weighted by atomic mass is 35.5. The lowest BCUT2D eigenvalue weighted by atomic mass is 10.0. The van der Waals surface area contributed by atoms with E-state index in [0.717, 1.165) is 10.9 Å². The van der Waals surface area contributed by atoms with Gasteiger partial charge in [-0.05, 0) is 24.3 Å². The van der Waals surface area contributed by atoms with Crippen LogP contribution in [0.4, 0.5) is 4.79 Å². The quantitative estimate of drug-likeness (QED) is 0.624. The SMILES string of the molecule is O=C(O)NC1COC(=O)CC1NC(=O)c1cc2cc(Cl)ccc2[nH]1. The number of esters is 1. The minimum atomic E-state index is -1.25. The van der Waals surface area contributed by atoms with E-state index in [-0.39, 0.29) is 13.0 Å². The maximum atomic E-state index is 12.4. The summed E-state index contributed by atoms with van der Waals surface area (Å²) in [5.41, 5.74) is 1.04. The Labute approximate surface area is 141 Å². The first kappa shape index (κ1) is 16.1. The molecule has 0 spiro atoms. The molecule has 3 rings (SSSR count). The Balaban J connectivity index is 1.77. The van der Waals surface area contributed by atoms with Crippen LogP contribution in [0, 0.1) is 0 Å². The molecule has 1 fully saturated rings. The smallest absolute Gasteiger partial charge is 0.405 e. The lowest BCUT2D eigenvalue weighted by molar-refractivity contribution is -0.149. The molecule has 2 atom stereocenters. The normalized spacial score (nSPS) is 20.5. The second-order valence-corrected chi connectivity index (χ2v) is 5.87. The van der Waals surface area contributed by atoms with Crippen molar-refractivity contribution in [3.05, 3.63) is 35.0 Å². The molecule has 2 amide bonds. The van der Waals surface area contributed by atoms with E-state index in [2.05, 4.69) is 15.6 Å². The molecule has 2 heterocycles. The number of amides is 2. The van der Waals surface area contributed by atoms with Crippen LogP contribution in [0.25, 0.3) is 10.9 Å². The molecule has 9 heteroatoms. The van der Waals surface area contributed by atoms with Crippen molar-refractivity contribution in [2.45, 2.75) is 18.5 Å². The number of rotatable bonds is 3. The number of ether oxygens (including phenoxy) is 1. The van der Waals surface area contributed by atoms with E-state index in [1.807, 2.05) is 0 Å². The molecule has 0 radical (unpaired) electrons. The van der Waals surface area contributed by atoms with Crippen LogP contribution in [0.1, 0.15) is 16.9 Å². The molecule has 1 saturated heterocycles. The fourth-order valence-corrected chi connectivity index (χ4v) is 2.78. The molecule has 2 unspecified atom stereocenters. The zero-order chi connectivity index (χ0) is 17.3. The topological polar surface area (TPSA) is 121 Å². The Morgan fingerprint density at radius 1 is 1.25 bits per heavy atom. The van der Waals surface area contributed by atoms with Crippen LogP contribution in [-0.4, -0.2) is 46.8 Å². The molecule has 0 saturated carbocycles. The third-order valence-electron chi connectivity index (χ3n) is 3.75. The van der Waals surface area contributed by atoms with Gasteiger partial charge in [0.05, 0.1) is 18.5 Å². The number of aromatic nitrogens is 1. The minimum Gasteiger partial charge on any atom is -0.465 e. The van der Waals surface area contributed by atoms with E-state index in [0.29, 0.717) is 10.7 Å². The van der Waals surface area contributed by atoms with E-state index in [4.69, 9.17) is 21.4 Å². The van der Waals surface area contributed by atoms with Gasteiger partial charge in [0.1, 0.15) is 12.3 Å². The molecule has 2 aromatic rings. The van der Waals surface area contributed by atoms with Gasteiger partial charge in [-0.2, -0.15) is 0 Å². The van der Waals surface area contributed by atoms with Gasteiger partial charge in [-0.1, -0.05) is 11.6 Å². The van der Waals surface area contributed by atoms with Gasteiger partial charge in [-0.25, -0.2) is 4.79 Å². The third-order valence-corrected chi connectivity index (χ3v) is 3.98. The number of nitrogens with one attached hydrogen (secondary N) is 3. The fourth-order valence-electron chi connectivity index (χ4n) is 2.60. The number of carbonyl (C=O) groups excluding carboxylic acids is 2. The van der Waals surface area contributed by atoms with Crippen molar-refractivity contribution in [1.29, 1.82) is 0 Å². The molecule has 1 aliphatic heterocycles. The summed E-state index contributed by atoms with van der Waals surface area (Å²) < 4.78 is 4.83. The first-order valence-corrected chi connectivity index (χ1v) is 7.54. The van der Waals surface area contributed by atoms with E-state index >= 15 is 0 Å². The van der Waals surface area contributed by atoms with Crippen LogP contribution in [0.5, 0.6) is 0 Å². The Bertz CT molecular complexity index is 819. The van der Waals surface area contributed by atoms with Crippen LogP contribution >= 0.6 is 11.6 Å². The summed E-state index contributed by atoms with van der Waals surface area (Å²) >= 11 is 5.92. The van der Waals surface area contributed by atoms with Gasteiger partial charge in [0.2, 0.25) is 0 Å². The molecule has 8 nitrogen and oxygen atoms in total. The van der Waals surface area contributed by atoms with Crippen LogP contribution in [0.2, 0.25) is 5.02 Å². The third kappa shape index (κ3) is 3.43. The highest BCUT2D eigenvalue weighted by molar-refractivity contribution is 6.31. The first-order chi connectivity index (χ1) is 11.4. The highest BCUT2D eigenvalue weighted by Crippen LogP contribution is 2.20. The van der Waals surface area contributed by atoms with Gasteiger partial charge in [-0.15, -0.1) is 0 Å². The van der Waals surface area contributed by atoms with Gasteiger partial charge in [-0.3, -0.25) is 9.59 Å². The predicted octanol–water partition coefficient (Wildman–Crippen LogP) is 1.50. The van der Waals surface area contributed by atoms with E-state index in [1.54, 1.807) is 24.3 Å². The average Bonchev–Trinajstić information content (AvgIpc) is 2.92. The molecular weight excluding hydrogens is 338 g/mol. The van der Waals surface area contributed by atoms with Gasteiger partial charge >= 0.3 is 12.1 Å². The van der Waals surface area contributed by atoms with Gasteiger partial charge in [0.25, 0.3) is 5.91 Å². The van der Waals surface area contributed by atoms with Crippen molar-refractivity contribution in [1.82, 2.24) is 15.6 Å². The number of aromatic amines is 1. The average molecular weight is 352 g/mol. The van der Waals surface area contributed by atoms with Crippen molar-refractivity contribution in [3.63, 3.8) is 0 Å². The number of halogens is 1. The monoisotopic (exact) mass is 351 g/mol. The molecule has 0 bridgehead atoms. The predicted molar refractivity (Wildman–Crippen MR) is 85.1 cm³/mol. The zero-order valence-corrected chi connectivity index (χ0v) is 13.1. The van der Waals surface area contributed by atoms with Crippen molar-refractivity contribution in [2.24, 2.45) is 0 Å². The summed E-state index contributed by atoms with van der Waals surface area (Å²) in [6.07, 6.45) is -1.36. The molecule has 1 aromatic carbocycles. The molecule has 0 aliphatic carbocycles. The van der Waals surface area contributed by atoms with Gasteiger partial charge in [0.15, 0.2) is 0 Å². The second kappa shape index (κ2) is 6.40. The van der Waals surface area contributed by atoms with E-state index < -0.39 is 30.1 Å². The van der Waals surface area contributed by atoms with Crippen LogP contribution in [-0.2, 0) is 9.53 Å². The maximum absolute atomic E-state index is 12.4. The molecule has 1 aromatic heterocycles.